The highest BCUT2D eigenvalue weighted by molar-refractivity contribution is 7.92. The topological polar surface area (TPSA) is 90.3 Å². The van der Waals surface area contributed by atoms with Crippen LogP contribution in [0.1, 0.15) is 11.1 Å². The number of anilines is 2. The maximum absolute atomic E-state index is 12.3. The van der Waals surface area contributed by atoms with Gasteiger partial charge < -0.3 is 5.32 Å². The molecule has 0 spiro atoms. The zero-order chi connectivity index (χ0) is 18.6. The van der Waals surface area contributed by atoms with Crippen molar-refractivity contribution in [1.29, 1.82) is 5.26 Å². The molecule has 0 radical (unpaired) electrons. The van der Waals surface area contributed by atoms with Crippen molar-refractivity contribution in [3.63, 3.8) is 0 Å². The van der Waals surface area contributed by atoms with Crippen LogP contribution in [0.3, 0.4) is 0 Å². The molecule has 0 saturated carbocycles. The number of aryl methyl sites for hydroxylation is 1. The Bertz CT molecular complexity index is 935. The normalized spacial score (nSPS) is 10.8. The molecule has 2 rings (SSSR count). The van der Waals surface area contributed by atoms with Crippen molar-refractivity contribution < 1.29 is 13.2 Å². The summed E-state index contributed by atoms with van der Waals surface area (Å²) in [5.74, 6) is -0.527. The van der Waals surface area contributed by atoms with Crippen LogP contribution in [0.15, 0.2) is 42.5 Å². The summed E-state index contributed by atoms with van der Waals surface area (Å²) < 4.78 is 25.0. The molecule has 0 saturated heterocycles. The molecule has 0 fully saturated rings. The van der Waals surface area contributed by atoms with Crippen LogP contribution >= 0.6 is 11.6 Å². The third kappa shape index (κ3) is 4.95. The van der Waals surface area contributed by atoms with Gasteiger partial charge in [-0.2, -0.15) is 5.26 Å². The zero-order valence-electron chi connectivity index (χ0n) is 13.7. The first-order valence-corrected chi connectivity index (χ1v) is 9.47. The summed E-state index contributed by atoms with van der Waals surface area (Å²) in [6.07, 6.45) is 1.01. The highest BCUT2D eigenvalue weighted by atomic mass is 35.5. The molecule has 1 amide bonds. The largest absolute Gasteiger partial charge is 0.323 e. The van der Waals surface area contributed by atoms with E-state index < -0.39 is 22.5 Å². The van der Waals surface area contributed by atoms with Crippen LogP contribution in [-0.4, -0.2) is 27.1 Å². The molecule has 0 bridgehead atoms. The summed E-state index contributed by atoms with van der Waals surface area (Å²) >= 11 is 6.07. The molecule has 0 aliphatic rings. The smallest absolute Gasteiger partial charge is 0.245 e. The van der Waals surface area contributed by atoms with Crippen molar-refractivity contribution in [2.24, 2.45) is 0 Å². The number of rotatable bonds is 5. The first-order valence-electron chi connectivity index (χ1n) is 7.24. The standard InChI is InChI=1S/C17H16ClN3O3S/c1-12-3-8-16(15(18)9-12)20-17(22)11-21(25(2,23)24)14-6-4-13(10-19)5-7-14/h3-9H,11H2,1-2H3,(H,20,22). The van der Waals surface area contributed by atoms with Gasteiger partial charge in [-0.15, -0.1) is 0 Å². The third-order valence-corrected chi connectivity index (χ3v) is 4.82. The van der Waals surface area contributed by atoms with Crippen molar-refractivity contribution >= 4 is 38.9 Å². The summed E-state index contributed by atoms with van der Waals surface area (Å²) in [6, 6.07) is 13.0. The van der Waals surface area contributed by atoms with Crippen LogP contribution in [0.25, 0.3) is 0 Å². The summed E-state index contributed by atoms with van der Waals surface area (Å²) in [5.41, 5.74) is 2.05. The van der Waals surface area contributed by atoms with Gasteiger partial charge in [-0.1, -0.05) is 17.7 Å². The molecule has 0 aliphatic heterocycles. The SMILES string of the molecule is Cc1ccc(NC(=O)CN(c2ccc(C#N)cc2)S(C)(=O)=O)c(Cl)c1. The molecule has 0 unspecified atom stereocenters. The third-order valence-electron chi connectivity index (χ3n) is 3.37. The fraction of sp³-hybridized carbons (Fsp3) is 0.176. The Kier molecular flexibility index (Phi) is 5.67. The lowest BCUT2D eigenvalue weighted by Crippen LogP contribution is -2.37. The summed E-state index contributed by atoms with van der Waals surface area (Å²) in [7, 11) is -3.69. The molecule has 0 aliphatic carbocycles. The Morgan fingerprint density at radius 3 is 2.40 bits per heavy atom. The Hall–Kier alpha value is -2.56. The van der Waals surface area contributed by atoms with Gasteiger partial charge in [0.05, 0.1) is 34.3 Å². The molecule has 1 N–H and O–H groups in total. The number of hydrogen-bond donors (Lipinski definition) is 1. The Balaban J connectivity index is 2.22. The highest BCUT2D eigenvalue weighted by Gasteiger charge is 2.21. The number of amides is 1. The maximum Gasteiger partial charge on any atom is 0.245 e. The Labute approximate surface area is 151 Å². The minimum atomic E-state index is -3.69. The number of benzene rings is 2. The van der Waals surface area contributed by atoms with E-state index in [1.165, 1.54) is 24.3 Å². The average molecular weight is 378 g/mol. The van der Waals surface area contributed by atoms with Gasteiger partial charge in [0.2, 0.25) is 15.9 Å². The van der Waals surface area contributed by atoms with E-state index >= 15 is 0 Å². The van der Waals surface area contributed by atoms with E-state index in [1.807, 2.05) is 13.0 Å². The number of sulfonamides is 1. The number of halogens is 1. The van der Waals surface area contributed by atoms with Gasteiger partial charge in [-0.05, 0) is 48.9 Å². The van der Waals surface area contributed by atoms with Crippen molar-refractivity contribution in [1.82, 2.24) is 0 Å². The van der Waals surface area contributed by atoms with E-state index in [-0.39, 0.29) is 0 Å². The van der Waals surface area contributed by atoms with Crippen LogP contribution in [0.4, 0.5) is 11.4 Å². The molecule has 25 heavy (non-hydrogen) atoms. The van der Waals surface area contributed by atoms with Crippen LogP contribution in [0.5, 0.6) is 0 Å². The maximum atomic E-state index is 12.3. The van der Waals surface area contributed by atoms with Crippen LogP contribution in [0, 0.1) is 18.3 Å². The van der Waals surface area contributed by atoms with Crippen molar-refractivity contribution in [2.45, 2.75) is 6.92 Å². The van der Waals surface area contributed by atoms with Crippen LogP contribution in [-0.2, 0) is 14.8 Å². The first-order chi connectivity index (χ1) is 11.7. The van der Waals surface area contributed by atoms with E-state index in [4.69, 9.17) is 16.9 Å². The monoisotopic (exact) mass is 377 g/mol. The summed E-state index contributed by atoms with van der Waals surface area (Å²) in [6.45, 7) is 1.46. The zero-order valence-corrected chi connectivity index (χ0v) is 15.2. The van der Waals surface area contributed by atoms with Crippen LogP contribution < -0.4 is 9.62 Å². The molecule has 8 heteroatoms. The van der Waals surface area contributed by atoms with Gasteiger partial charge in [0.15, 0.2) is 0 Å². The number of nitriles is 1. The van der Waals surface area contributed by atoms with Crippen molar-refractivity contribution in [3.8, 4) is 6.07 Å². The summed E-state index contributed by atoms with van der Waals surface area (Å²) in [4.78, 5) is 12.3. The highest BCUT2D eigenvalue weighted by Crippen LogP contribution is 2.23. The number of carbonyl (C=O) groups excluding carboxylic acids is 1. The molecule has 0 aromatic heterocycles. The first kappa shape index (κ1) is 18.8. The second-order valence-electron chi connectivity index (χ2n) is 5.46. The number of nitrogens with one attached hydrogen (secondary N) is 1. The molecule has 2 aromatic carbocycles. The number of nitrogens with zero attached hydrogens (tertiary/aromatic N) is 2. The molecule has 0 atom stereocenters. The fourth-order valence-electron chi connectivity index (χ4n) is 2.14. The lowest BCUT2D eigenvalue weighted by atomic mass is 10.2. The van der Waals surface area contributed by atoms with Gasteiger partial charge in [-0.25, -0.2) is 8.42 Å². The minimum Gasteiger partial charge on any atom is -0.323 e. The van der Waals surface area contributed by atoms with E-state index in [9.17, 15) is 13.2 Å². The van der Waals surface area contributed by atoms with Gasteiger partial charge in [0, 0.05) is 0 Å². The van der Waals surface area contributed by atoms with E-state index in [1.54, 1.807) is 18.2 Å². The molecule has 130 valence electrons. The molecule has 0 heterocycles. The Morgan fingerprint density at radius 1 is 1.24 bits per heavy atom. The predicted molar refractivity (Wildman–Crippen MR) is 98.2 cm³/mol. The fourth-order valence-corrected chi connectivity index (χ4v) is 3.28. The van der Waals surface area contributed by atoms with Gasteiger partial charge in [-0.3, -0.25) is 9.10 Å². The minimum absolute atomic E-state index is 0.298. The van der Waals surface area contributed by atoms with E-state index in [2.05, 4.69) is 5.32 Å². The van der Waals surface area contributed by atoms with E-state index in [0.717, 1.165) is 16.1 Å². The molecular formula is C17H16ClN3O3S. The lowest BCUT2D eigenvalue weighted by Gasteiger charge is -2.22. The van der Waals surface area contributed by atoms with Gasteiger partial charge in [0.1, 0.15) is 6.54 Å². The number of carbonyl (C=O) groups is 1. The summed E-state index contributed by atoms with van der Waals surface area (Å²) in [5, 5.41) is 11.8. The second-order valence-corrected chi connectivity index (χ2v) is 7.77. The van der Waals surface area contributed by atoms with Crippen LogP contribution in [0.2, 0.25) is 5.02 Å². The van der Waals surface area contributed by atoms with Gasteiger partial charge >= 0.3 is 0 Å². The second kappa shape index (κ2) is 7.55. The Morgan fingerprint density at radius 2 is 1.88 bits per heavy atom. The lowest BCUT2D eigenvalue weighted by molar-refractivity contribution is -0.114. The molecular weight excluding hydrogens is 362 g/mol. The average Bonchev–Trinajstić information content (AvgIpc) is 2.54. The number of hydrogen-bond acceptors (Lipinski definition) is 4. The molecule has 6 nitrogen and oxygen atoms in total. The van der Waals surface area contributed by atoms with Crippen molar-refractivity contribution in [2.75, 3.05) is 22.4 Å². The van der Waals surface area contributed by atoms with Crippen molar-refractivity contribution in [3.05, 3.63) is 58.6 Å². The van der Waals surface area contributed by atoms with E-state index in [0.29, 0.717) is 22.0 Å². The predicted octanol–water partition coefficient (Wildman–Crippen LogP) is 2.92. The van der Waals surface area contributed by atoms with Gasteiger partial charge in [0.25, 0.3) is 0 Å². The quantitative estimate of drug-likeness (QED) is 0.867. The molecule has 2 aromatic rings.